The zero-order valence-electron chi connectivity index (χ0n) is 16.9. The van der Waals surface area contributed by atoms with Gasteiger partial charge in [0.1, 0.15) is 13.2 Å². The van der Waals surface area contributed by atoms with Crippen LogP contribution in [0, 0.1) is 10.1 Å². The number of hydrogen-bond acceptors (Lipinski definition) is 5. The molecule has 2 aromatic rings. The van der Waals surface area contributed by atoms with E-state index in [0.717, 1.165) is 42.7 Å². The first-order valence-electron chi connectivity index (χ1n) is 10.5. The topological polar surface area (TPSA) is 81.9 Å². The molecule has 7 nitrogen and oxygen atoms in total. The van der Waals surface area contributed by atoms with E-state index in [1.54, 1.807) is 12.1 Å². The summed E-state index contributed by atoms with van der Waals surface area (Å²) in [6.07, 6.45) is 4.36. The molecule has 1 amide bonds. The first-order chi connectivity index (χ1) is 14.5. The van der Waals surface area contributed by atoms with Crippen molar-refractivity contribution < 1.29 is 19.2 Å². The van der Waals surface area contributed by atoms with E-state index < -0.39 is 4.92 Å². The fourth-order valence-corrected chi connectivity index (χ4v) is 5.24. The zero-order chi connectivity index (χ0) is 20.9. The molecule has 156 valence electrons. The van der Waals surface area contributed by atoms with Crippen LogP contribution in [0.4, 0.5) is 5.69 Å². The van der Waals surface area contributed by atoms with Gasteiger partial charge < -0.3 is 14.4 Å². The molecule has 7 heteroatoms. The number of rotatable bonds is 2. The molecule has 1 fully saturated rings. The Hall–Kier alpha value is -3.09. The van der Waals surface area contributed by atoms with Crippen LogP contribution >= 0.6 is 0 Å². The van der Waals surface area contributed by atoms with E-state index in [1.165, 1.54) is 17.7 Å². The Morgan fingerprint density at radius 3 is 2.37 bits per heavy atom. The minimum atomic E-state index is -0.452. The highest BCUT2D eigenvalue weighted by molar-refractivity contribution is 5.95. The van der Waals surface area contributed by atoms with Crippen LogP contribution in [-0.4, -0.2) is 35.5 Å². The summed E-state index contributed by atoms with van der Waals surface area (Å²) in [5.74, 6) is 1.45. The molecule has 30 heavy (non-hydrogen) atoms. The SMILES string of the molecule is CC1c2cc3c(cc2C2(CCCC2)CN1C(=O)c1ccc([N+](=O)[O-])cc1)OCCO3. The van der Waals surface area contributed by atoms with Crippen LogP contribution in [0.15, 0.2) is 36.4 Å². The summed E-state index contributed by atoms with van der Waals surface area (Å²) in [7, 11) is 0. The molecule has 2 aromatic carbocycles. The number of carbonyl (C=O) groups is 1. The predicted octanol–water partition coefficient (Wildman–Crippen LogP) is 4.39. The van der Waals surface area contributed by atoms with Gasteiger partial charge in [0.25, 0.3) is 11.6 Å². The van der Waals surface area contributed by atoms with Crippen molar-refractivity contribution in [2.24, 2.45) is 0 Å². The van der Waals surface area contributed by atoms with Crippen LogP contribution in [-0.2, 0) is 5.41 Å². The molecule has 1 atom stereocenters. The third kappa shape index (κ3) is 2.91. The van der Waals surface area contributed by atoms with Crippen LogP contribution < -0.4 is 9.47 Å². The van der Waals surface area contributed by atoms with Gasteiger partial charge in [-0.25, -0.2) is 0 Å². The predicted molar refractivity (Wildman–Crippen MR) is 110 cm³/mol. The van der Waals surface area contributed by atoms with E-state index in [4.69, 9.17) is 9.47 Å². The van der Waals surface area contributed by atoms with Gasteiger partial charge in [-0.15, -0.1) is 0 Å². The Balaban J connectivity index is 1.55. The average molecular weight is 408 g/mol. The lowest BCUT2D eigenvalue weighted by atomic mass is 9.71. The van der Waals surface area contributed by atoms with Crippen molar-refractivity contribution in [1.29, 1.82) is 0 Å². The fraction of sp³-hybridized carbons (Fsp3) is 0.435. The van der Waals surface area contributed by atoms with Crippen LogP contribution in [0.2, 0.25) is 0 Å². The van der Waals surface area contributed by atoms with E-state index in [-0.39, 0.29) is 23.1 Å². The first-order valence-corrected chi connectivity index (χ1v) is 10.5. The number of carbonyl (C=O) groups excluding carboxylic acids is 1. The molecule has 3 aliphatic rings. The van der Waals surface area contributed by atoms with Crippen molar-refractivity contribution in [2.45, 2.75) is 44.1 Å². The summed E-state index contributed by atoms with van der Waals surface area (Å²) in [5.41, 5.74) is 2.78. The summed E-state index contributed by atoms with van der Waals surface area (Å²) >= 11 is 0. The minimum Gasteiger partial charge on any atom is -0.486 e. The van der Waals surface area contributed by atoms with Gasteiger partial charge in [0.2, 0.25) is 0 Å². The van der Waals surface area contributed by atoms with E-state index in [1.807, 2.05) is 17.9 Å². The molecule has 2 heterocycles. The van der Waals surface area contributed by atoms with Gasteiger partial charge in [0.15, 0.2) is 11.5 Å². The number of nitro benzene ring substituents is 1. The highest BCUT2D eigenvalue weighted by atomic mass is 16.6. The Kier molecular flexibility index (Phi) is 4.41. The van der Waals surface area contributed by atoms with Gasteiger partial charge in [-0.05, 0) is 55.2 Å². The van der Waals surface area contributed by atoms with Gasteiger partial charge in [0, 0.05) is 29.7 Å². The van der Waals surface area contributed by atoms with Crippen LogP contribution in [0.3, 0.4) is 0 Å². The number of non-ortho nitro benzene ring substituents is 1. The van der Waals surface area contributed by atoms with Crippen molar-refractivity contribution in [3.63, 3.8) is 0 Å². The maximum Gasteiger partial charge on any atom is 0.269 e. The third-order valence-corrected chi connectivity index (χ3v) is 6.82. The van der Waals surface area contributed by atoms with E-state index in [2.05, 4.69) is 6.07 Å². The monoisotopic (exact) mass is 408 g/mol. The largest absolute Gasteiger partial charge is 0.486 e. The zero-order valence-corrected chi connectivity index (χ0v) is 16.9. The molecular weight excluding hydrogens is 384 g/mol. The number of hydrogen-bond donors (Lipinski definition) is 0. The molecule has 1 aliphatic carbocycles. The number of fused-ring (bicyclic) bond motifs is 3. The van der Waals surface area contributed by atoms with Gasteiger partial charge in [-0.3, -0.25) is 14.9 Å². The van der Waals surface area contributed by atoms with Crippen molar-refractivity contribution in [3.05, 3.63) is 63.2 Å². The second-order valence-electron chi connectivity index (χ2n) is 8.48. The summed E-state index contributed by atoms with van der Waals surface area (Å²) in [6.45, 7) is 3.77. The number of ether oxygens (including phenoxy) is 2. The molecule has 1 saturated carbocycles. The molecule has 0 N–H and O–H groups in total. The van der Waals surface area contributed by atoms with E-state index in [9.17, 15) is 14.9 Å². The maximum absolute atomic E-state index is 13.4. The van der Waals surface area contributed by atoms with E-state index >= 15 is 0 Å². The van der Waals surface area contributed by atoms with Gasteiger partial charge >= 0.3 is 0 Å². The molecule has 0 radical (unpaired) electrons. The molecule has 0 aromatic heterocycles. The number of nitrogens with zero attached hydrogens (tertiary/aromatic N) is 2. The summed E-state index contributed by atoms with van der Waals surface area (Å²) in [6, 6.07) is 9.95. The quantitative estimate of drug-likeness (QED) is 0.544. The molecule has 1 spiro atoms. The van der Waals surface area contributed by atoms with Crippen LogP contribution in [0.1, 0.15) is 60.1 Å². The summed E-state index contributed by atoms with van der Waals surface area (Å²) in [5, 5.41) is 10.9. The maximum atomic E-state index is 13.4. The molecule has 0 saturated heterocycles. The highest BCUT2D eigenvalue weighted by Gasteiger charge is 2.46. The highest BCUT2D eigenvalue weighted by Crippen LogP contribution is 2.52. The minimum absolute atomic E-state index is 0.0142. The fourth-order valence-electron chi connectivity index (χ4n) is 5.24. The molecule has 1 unspecified atom stereocenters. The average Bonchev–Trinajstić information content (AvgIpc) is 3.24. The van der Waals surface area contributed by atoms with Crippen molar-refractivity contribution in [2.75, 3.05) is 19.8 Å². The second kappa shape index (κ2) is 7.00. The summed E-state index contributed by atoms with van der Waals surface area (Å²) < 4.78 is 11.7. The van der Waals surface area contributed by atoms with Gasteiger partial charge in [-0.2, -0.15) is 0 Å². The van der Waals surface area contributed by atoms with Crippen LogP contribution in [0.25, 0.3) is 0 Å². The van der Waals surface area contributed by atoms with Crippen molar-refractivity contribution in [3.8, 4) is 11.5 Å². The van der Waals surface area contributed by atoms with Crippen molar-refractivity contribution >= 4 is 11.6 Å². The standard InChI is InChI=1S/C23H24N2O5/c1-15-18-12-20-21(30-11-10-29-20)13-19(18)23(8-2-3-9-23)14-24(15)22(26)16-4-6-17(7-5-16)25(27)28/h4-7,12-13,15H,2-3,8-11,14H2,1H3. The Morgan fingerprint density at radius 2 is 1.73 bits per heavy atom. The summed E-state index contributed by atoms with van der Waals surface area (Å²) in [4.78, 5) is 25.8. The third-order valence-electron chi connectivity index (χ3n) is 6.82. The molecule has 2 aliphatic heterocycles. The molecule has 0 bridgehead atoms. The smallest absolute Gasteiger partial charge is 0.269 e. The van der Waals surface area contributed by atoms with Gasteiger partial charge in [-0.1, -0.05) is 12.8 Å². The van der Waals surface area contributed by atoms with E-state index in [0.29, 0.717) is 25.3 Å². The molecular formula is C23H24N2O5. The normalized spacial score (nSPS) is 21.4. The van der Waals surface area contributed by atoms with Crippen molar-refractivity contribution in [1.82, 2.24) is 4.90 Å². The Morgan fingerprint density at radius 1 is 1.10 bits per heavy atom. The first kappa shape index (κ1) is 18.9. The van der Waals surface area contributed by atoms with Crippen LogP contribution in [0.5, 0.6) is 11.5 Å². The lowest BCUT2D eigenvalue weighted by Crippen LogP contribution is -2.48. The lowest BCUT2D eigenvalue weighted by molar-refractivity contribution is -0.384. The number of amides is 1. The lowest BCUT2D eigenvalue weighted by Gasteiger charge is -2.46. The Labute approximate surface area is 174 Å². The Bertz CT molecular complexity index is 1010. The number of nitro groups is 1. The second-order valence-corrected chi connectivity index (χ2v) is 8.48. The molecule has 5 rings (SSSR count). The van der Waals surface area contributed by atoms with Gasteiger partial charge in [0.05, 0.1) is 11.0 Å². The number of benzene rings is 2.